The number of rotatable bonds is 3. The summed E-state index contributed by atoms with van der Waals surface area (Å²) in [4.78, 5) is 10.1. The van der Waals surface area contributed by atoms with Crippen LogP contribution in [0.25, 0.3) is 0 Å². The van der Waals surface area contributed by atoms with E-state index < -0.39 is 10.3 Å². The van der Waals surface area contributed by atoms with Crippen LogP contribution in [0.1, 0.15) is 17.9 Å². The molecule has 0 saturated heterocycles. The quantitative estimate of drug-likeness (QED) is 0.493. The molecule has 15 heavy (non-hydrogen) atoms. The molecule has 1 rings (SSSR count). The average Bonchev–Trinajstić information content (AvgIpc) is 2.16. The van der Waals surface area contributed by atoms with Crippen molar-refractivity contribution in [1.82, 2.24) is 0 Å². The van der Waals surface area contributed by atoms with E-state index in [1.165, 1.54) is 13.2 Å². The van der Waals surface area contributed by atoms with Crippen molar-refractivity contribution >= 4 is 17.3 Å². The van der Waals surface area contributed by atoms with Crippen LogP contribution in [0.5, 0.6) is 11.5 Å². The first-order valence-corrected chi connectivity index (χ1v) is 4.60. The van der Waals surface area contributed by atoms with Crippen LogP contribution in [-0.4, -0.2) is 17.1 Å². The predicted octanol–water partition coefficient (Wildman–Crippen LogP) is 2.61. The molecule has 1 N–H and O–H groups in total. The lowest BCUT2D eigenvalue weighted by molar-refractivity contribution is -0.385. The Morgan fingerprint density at radius 3 is 2.60 bits per heavy atom. The molecule has 0 bridgehead atoms. The van der Waals surface area contributed by atoms with E-state index in [0.29, 0.717) is 5.56 Å². The molecule has 0 aromatic heterocycles. The zero-order valence-corrected chi connectivity index (χ0v) is 8.99. The van der Waals surface area contributed by atoms with Gasteiger partial charge in [0.05, 0.1) is 29.0 Å². The lowest BCUT2D eigenvalue weighted by Crippen LogP contribution is -1.97. The zero-order chi connectivity index (χ0) is 11.6. The standard InChI is InChI=1S/C9H10ClNO4/c1-5(10)6-3-9(15-2)8(12)4-7(6)11(13)14/h3-5,12H,1-2H3. The van der Waals surface area contributed by atoms with E-state index >= 15 is 0 Å². The second-order valence-electron chi connectivity index (χ2n) is 2.96. The van der Waals surface area contributed by atoms with E-state index in [2.05, 4.69) is 0 Å². The highest BCUT2D eigenvalue weighted by atomic mass is 35.5. The molecule has 1 unspecified atom stereocenters. The Labute approximate surface area is 91.4 Å². The summed E-state index contributed by atoms with van der Waals surface area (Å²) in [6.45, 7) is 1.61. The van der Waals surface area contributed by atoms with Gasteiger partial charge in [0, 0.05) is 0 Å². The summed E-state index contributed by atoms with van der Waals surface area (Å²) in [5, 5.41) is 19.5. The van der Waals surface area contributed by atoms with Gasteiger partial charge in [0.2, 0.25) is 0 Å². The van der Waals surface area contributed by atoms with Gasteiger partial charge in [0.15, 0.2) is 11.5 Å². The average molecular weight is 232 g/mol. The van der Waals surface area contributed by atoms with Crippen LogP contribution < -0.4 is 4.74 Å². The Balaban J connectivity index is 3.38. The lowest BCUT2D eigenvalue weighted by atomic mass is 10.1. The van der Waals surface area contributed by atoms with Gasteiger partial charge in [-0.2, -0.15) is 0 Å². The van der Waals surface area contributed by atoms with Crippen LogP contribution in [-0.2, 0) is 0 Å². The summed E-state index contributed by atoms with van der Waals surface area (Å²) in [5.74, 6) is -0.103. The second kappa shape index (κ2) is 4.35. The third-order valence-corrected chi connectivity index (χ3v) is 2.19. The third kappa shape index (κ3) is 2.30. The Hall–Kier alpha value is -1.49. The fourth-order valence-electron chi connectivity index (χ4n) is 1.21. The van der Waals surface area contributed by atoms with Gasteiger partial charge in [-0.1, -0.05) is 0 Å². The maximum atomic E-state index is 10.7. The van der Waals surface area contributed by atoms with E-state index in [1.54, 1.807) is 6.92 Å². The van der Waals surface area contributed by atoms with Crippen molar-refractivity contribution in [3.8, 4) is 11.5 Å². The number of halogens is 1. The van der Waals surface area contributed by atoms with Crippen molar-refractivity contribution in [1.29, 1.82) is 0 Å². The maximum absolute atomic E-state index is 10.7. The Morgan fingerprint density at radius 1 is 1.60 bits per heavy atom. The molecule has 1 aromatic carbocycles. The number of phenolic OH excluding ortho intramolecular Hbond substituents is 1. The predicted molar refractivity (Wildman–Crippen MR) is 55.6 cm³/mol. The van der Waals surface area contributed by atoms with Gasteiger partial charge in [-0.3, -0.25) is 10.1 Å². The number of nitro groups is 1. The van der Waals surface area contributed by atoms with Crippen molar-refractivity contribution in [3.63, 3.8) is 0 Å². The molecule has 5 nitrogen and oxygen atoms in total. The summed E-state index contributed by atoms with van der Waals surface area (Å²) >= 11 is 5.79. The highest BCUT2D eigenvalue weighted by Gasteiger charge is 2.21. The zero-order valence-electron chi connectivity index (χ0n) is 8.23. The van der Waals surface area contributed by atoms with Gasteiger partial charge in [-0.05, 0) is 13.0 Å². The van der Waals surface area contributed by atoms with Crippen molar-refractivity contribution in [2.45, 2.75) is 12.3 Å². The summed E-state index contributed by atoms with van der Waals surface area (Å²) in [5.41, 5.74) is 0.104. The van der Waals surface area contributed by atoms with Gasteiger partial charge in [0.25, 0.3) is 5.69 Å². The van der Waals surface area contributed by atoms with Gasteiger partial charge >= 0.3 is 0 Å². The van der Waals surface area contributed by atoms with Crippen molar-refractivity contribution in [3.05, 3.63) is 27.8 Å². The van der Waals surface area contributed by atoms with Crippen molar-refractivity contribution in [2.24, 2.45) is 0 Å². The molecule has 1 aromatic rings. The van der Waals surface area contributed by atoms with Crippen LogP contribution in [0.2, 0.25) is 0 Å². The molecule has 0 radical (unpaired) electrons. The largest absolute Gasteiger partial charge is 0.504 e. The monoisotopic (exact) mass is 231 g/mol. The Bertz CT molecular complexity index is 392. The van der Waals surface area contributed by atoms with E-state index in [0.717, 1.165) is 6.07 Å². The van der Waals surface area contributed by atoms with Crippen molar-refractivity contribution < 1.29 is 14.8 Å². The van der Waals surface area contributed by atoms with Gasteiger partial charge < -0.3 is 9.84 Å². The van der Waals surface area contributed by atoms with Gasteiger partial charge in [0.1, 0.15) is 0 Å². The molecule has 0 spiro atoms. The highest BCUT2D eigenvalue weighted by molar-refractivity contribution is 6.20. The van der Waals surface area contributed by atoms with Gasteiger partial charge in [-0.15, -0.1) is 11.6 Å². The first-order chi connectivity index (χ1) is 6.97. The summed E-state index contributed by atoms with van der Waals surface area (Å²) < 4.78 is 4.84. The number of hydrogen-bond acceptors (Lipinski definition) is 4. The number of ether oxygens (including phenoxy) is 1. The first kappa shape index (κ1) is 11.6. The van der Waals surface area contributed by atoms with Crippen LogP contribution in [0.15, 0.2) is 12.1 Å². The molecule has 0 fully saturated rings. The fraction of sp³-hybridized carbons (Fsp3) is 0.333. The van der Waals surface area contributed by atoms with Crippen molar-refractivity contribution in [2.75, 3.05) is 7.11 Å². The topological polar surface area (TPSA) is 72.6 Å². The maximum Gasteiger partial charge on any atom is 0.278 e. The van der Waals surface area contributed by atoms with E-state index in [4.69, 9.17) is 16.3 Å². The number of methoxy groups -OCH3 is 1. The number of nitrogens with zero attached hydrogens (tertiary/aromatic N) is 1. The molecular formula is C9H10ClNO4. The molecule has 82 valence electrons. The minimum absolute atomic E-state index is 0.170. The molecule has 6 heteroatoms. The third-order valence-electron chi connectivity index (χ3n) is 1.95. The number of alkyl halides is 1. The molecule has 0 aliphatic heterocycles. The summed E-state index contributed by atoms with van der Waals surface area (Å²) in [6, 6.07) is 2.40. The molecule has 0 saturated carbocycles. The van der Waals surface area contributed by atoms with Crippen LogP contribution in [0, 0.1) is 10.1 Å². The number of nitro benzene ring substituents is 1. The summed E-state index contributed by atoms with van der Waals surface area (Å²) in [6.07, 6.45) is 0. The van der Waals surface area contributed by atoms with Gasteiger partial charge in [-0.25, -0.2) is 0 Å². The second-order valence-corrected chi connectivity index (χ2v) is 3.61. The highest BCUT2D eigenvalue weighted by Crippen LogP contribution is 2.38. The minimum atomic E-state index is -0.590. The molecule has 0 aliphatic rings. The number of phenols is 1. The molecule has 0 amide bonds. The smallest absolute Gasteiger partial charge is 0.278 e. The fourth-order valence-corrected chi connectivity index (χ4v) is 1.39. The SMILES string of the molecule is COc1cc(C(C)Cl)c([N+](=O)[O-])cc1O. The Morgan fingerprint density at radius 2 is 2.20 bits per heavy atom. The van der Waals surface area contributed by atoms with E-state index in [-0.39, 0.29) is 17.2 Å². The first-order valence-electron chi connectivity index (χ1n) is 4.16. The molecular weight excluding hydrogens is 222 g/mol. The lowest BCUT2D eigenvalue weighted by Gasteiger charge is -2.08. The summed E-state index contributed by atoms with van der Waals surface area (Å²) in [7, 11) is 1.36. The number of benzene rings is 1. The minimum Gasteiger partial charge on any atom is -0.504 e. The molecule has 0 aliphatic carbocycles. The number of aromatic hydroxyl groups is 1. The van der Waals surface area contributed by atoms with Crippen LogP contribution in [0.4, 0.5) is 5.69 Å². The van der Waals surface area contributed by atoms with E-state index in [9.17, 15) is 15.2 Å². The normalized spacial score (nSPS) is 12.2. The Kier molecular flexibility index (Phi) is 3.36. The van der Waals surface area contributed by atoms with E-state index in [1.807, 2.05) is 0 Å². The van der Waals surface area contributed by atoms with Crippen LogP contribution in [0.3, 0.4) is 0 Å². The molecule has 1 atom stereocenters. The molecule has 0 heterocycles. The number of hydrogen-bond donors (Lipinski definition) is 1. The van der Waals surface area contributed by atoms with Crippen LogP contribution >= 0.6 is 11.6 Å².